The molecule has 2 rings (SSSR count). The van der Waals surface area contributed by atoms with E-state index in [-0.39, 0.29) is 11.8 Å². The standard InChI is InChI=1S/C12H15NO/c1-3-9-4-5-11-10(7-9)6-8(2)12(14)13-11/h4-5,7-8H,3,6H2,1-2H3,(H,13,14). The van der Waals surface area contributed by atoms with E-state index in [1.54, 1.807) is 0 Å². The van der Waals surface area contributed by atoms with Gasteiger partial charge in [0.05, 0.1) is 0 Å². The Bertz CT molecular complexity index is 371. The molecule has 0 saturated heterocycles. The van der Waals surface area contributed by atoms with Crippen LogP contribution < -0.4 is 5.32 Å². The topological polar surface area (TPSA) is 29.1 Å². The van der Waals surface area contributed by atoms with Gasteiger partial charge in [0.25, 0.3) is 0 Å². The summed E-state index contributed by atoms with van der Waals surface area (Å²) in [6, 6.07) is 6.29. The summed E-state index contributed by atoms with van der Waals surface area (Å²) in [6.45, 7) is 4.11. The summed E-state index contributed by atoms with van der Waals surface area (Å²) < 4.78 is 0. The first kappa shape index (κ1) is 9.25. The molecule has 0 aromatic heterocycles. The Morgan fingerprint density at radius 1 is 1.50 bits per heavy atom. The maximum atomic E-state index is 11.4. The van der Waals surface area contributed by atoms with Crippen molar-refractivity contribution in [3.05, 3.63) is 29.3 Å². The second kappa shape index (κ2) is 3.45. The Hall–Kier alpha value is -1.31. The van der Waals surface area contributed by atoms with Crippen LogP contribution >= 0.6 is 0 Å². The fraction of sp³-hybridized carbons (Fsp3) is 0.417. The molecule has 0 spiro atoms. The van der Waals surface area contributed by atoms with E-state index in [0.717, 1.165) is 18.5 Å². The summed E-state index contributed by atoms with van der Waals surface area (Å²) in [5.74, 6) is 0.247. The van der Waals surface area contributed by atoms with E-state index < -0.39 is 0 Å². The molecule has 1 aromatic carbocycles. The Kier molecular flexibility index (Phi) is 2.28. The summed E-state index contributed by atoms with van der Waals surface area (Å²) in [5.41, 5.74) is 3.61. The van der Waals surface area contributed by atoms with Crippen LogP contribution in [0.2, 0.25) is 0 Å². The van der Waals surface area contributed by atoms with Gasteiger partial charge in [0.15, 0.2) is 0 Å². The number of amides is 1. The zero-order chi connectivity index (χ0) is 10.1. The Balaban J connectivity index is 2.37. The molecule has 0 radical (unpaired) electrons. The molecule has 0 saturated carbocycles. The number of carbonyl (C=O) groups is 1. The third-order valence-electron chi connectivity index (χ3n) is 2.81. The Labute approximate surface area is 84.3 Å². The molecule has 1 unspecified atom stereocenters. The van der Waals surface area contributed by atoms with Gasteiger partial charge in [-0.3, -0.25) is 4.79 Å². The molecule has 2 nitrogen and oxygen atoms in total. The molecule has 1 amide bonds. The molecule has 1 atom stereocenters. The van der Waals surface area contributed by atoms with Gasteiger partial charge in [0.1, 0.15) is 0 Å². The third-order valence-corrected chi connectivity index (χ3v) is 2.81. The first-order valence-electron chi connectivity index (χ1n) is 5.13. The number of nitrogens with one attached hydrogen (secondary N) is 1. The van der Waals surface area contributed by atoms with Gasteiger partial charge in [-0.1, -0.05) is 26.0 Å². The molecule has 2 heteroatoms. The minimum atomic E-state index is 0.106. The largest absolute Gasteiger partial charge is 0.326 e. The van der Waals surface area contributed by atoms with E-state index in [1.807, 2.05) is 13.0 Å². The van der Waals surface area contributed by atoms with Crippen molar-refractivity contribution in [2.45, 2.75) is 26.7 Å². The van der Waals surface area contributed by atoms with Crippen molar-refractivity contribution in [1.29, 1.82) is 0 Å². The van der Waals surface area contributed by atoms with Gasteiger partial charge in [0, 0.05) is 11.6 Å². The average Bonchev–Trinajstić information content (AvgIpc) is 2.19. The van der Waals surface area contributed by atoms with E-state index in [0.29, 0.717) is 0 Å². The van der Waals surface area contributed by atoms with Gasteiger partial charge in [-0.15, -0.1) is 0 Å². The van der Waals surface area contributed by atoms with Crippen LogP contribution in [0.3, 0.4) is 0 Å². The van der Waals surface area contributed by atoms with Crippen LogP contribution in [-0.2, 0) is 17.6 Å². The zero-order valence-corrected chi connectivity index (χ0v) is 8.63. The van der Waals surface area contributed by atoms with Crippen molar-refractivity contribution >= 4 is 11.6 Å². The molecule has 74 valence electrons. The van der Waals surface area contributed by atoms with Crippen LogP contribution in [0.1, 0.15) is 25.0 Å². The monoisotopic (exact) mass is 189 g/mol. The highest BCUT2D eigenvalue weighted by Gasteiger charge is 2.21. The number of anilines is 1. The Morgan fingerprint density at radius 3 is 3.00 bits per heavy atom. The first-order valence-corrected chi connectivity index (χ1v) is 5.13. The smallest absolute Gasteiger partial charge is 0.227 e. The van der Waals surface area contributed by atoms with Crippen molar-refractivity contribution in [3.8, 4) is 0 Å². The third kappa shape index (κ3) is 1.52. The maximum absolute atomic E-state index is 11.4. The summed E-state index contributed by atoms with van der Waals surface area (Å²) in [4.78, 5) is 11.4. The number of benzene rings is 1. The average molecular weight is 189 g/mol. The number of fused-ring (bicyclic) bond motifs is 1. The van der Waals surface area contributed by atoms with Gasteiger partial charge in [0.2, 0.25) is 5.91 Å². The lowest BCUT2D eigenvalue weighted by Crippen LogP contribution is -2.27. The highest BCUT2D eigenvalue weighted by molar-refractivity contribution is 5.95. The first-order chi connectivity index (χ1) is 6.70. The molecule has 0 aliphatic carbocycles. The molecule has 0 bridgehead atoms. The lowest BCUT2D eigenvalue weighted by atomic mass is 9.93. The molecular weight excluding hydrogens is 174 g/mol. The quantitative estimate of drug-likeness (QED) is 0.722. The molecule has 1 heterocycles. The molecule has 1 aliphatic rings. The fourth-order valence-electron chi connectivity index (χ4n) is 1.84. The van der Waals surface area contributed by atoms with Crippen molar-refractivity contribution < 1.29 is 4.79 Å². The highest BCUT2D eigenvalue weighted by atomic mass is 16.1. The predicted molar refractivity (Wildman–Crippen MR) is 57.3 cm³/mol. The van der Waals surface area contributed by atoms with E-state index in [2.05, 4.69) is 24.4 Å². The fourth-order valence-corrected chi connectivity index (χ4v) is 1.84. The van der Waals surface area contributed by atoms with Crippen LogP contribution in [0, 0.1) is 5.92 Å². The molecular formula is C12H15NO. The van der Waals surface area contributed by atoms with Crippen LogP contribution in [0.25, 0.3) is 0 Å². The van der Waals surface area contributed by atoms with Gasteiger partial charge < -0.3 is 5.32 Å². The van der Waals surface area contributed by atoms with Crippen molar-refractivity contribution in [2.75, 3.05) is 5.32 Å². The van der Waals surface area contributed by atoms with Crippen LogP contribution in [0.5, 0.6) is 0 Å². The van der Waals surface area contributed by atoms with Gasteiger partial charge in [-0.05, 0) is 30.0 Å². The Morgan fingerprint density at radius 2 is 2.29 bits per heavy atom. The zero-order valence-electron chi connectivity index (χ0n) is 8.63. The SMILES string of the molecule is CCc1ccc2c(c1)CC(C)C(=O)N2. The van der Waals surface area contributed by atoms with E-state index >= 15 is 0 Å². The summed E-state index contributed by atoms with van der Waals surface area (Å²) in [6.07, 6.45) is 1.92. The molecule has 1 N–H and O–H groups in total. The molecule has 1 aliphatic heterocycles. The van der Waals surface area contributed by atoms with Gasteiger partial charge in [-0.25, -0.2) is 0 Å². The lowest BCUT2D eigenvalue weighted by molar-refractivity contribution is -0.119. The molecule has 14 heavy (non-hydrogen) atoms. The van der Waals surface area contributed by atoms with Crippen LogP contribution in [-0.4, -0.2) is 5.91 Å². The molecule has 0 fully saturated rings. The molecule has 1 aromatic rings. The lowest BCUT2D eigenvalue weighted by Gasteiger charge is -2.22. The number of aryl methyl sites for hydroxylation is 1. The minimum Gasteiger partial charge on any atom is -0.326 e. The number of hydrogen-bond acceptors (Lipinski definition) is 1. The van der Waals surface area contributed by atoms with Crippen molar-refractivity contribution in [3.63, 3.8) is 0 Å². The van der Waals surface area contributed by atoms with Crippen LogP contribution in [0.4, 0.5) is 5.69 Å². The van der Waals surface area contributed by atoms with Crippen molar-refractivity contribution in [1.82, 2.24) is 0 Å². The second-order valence-corrected chi connectivity index (χ2v) is 3.94. The summed E-state index contributed by atoms with van der Waals surface area (Å²) in [5, 5.41) is 2.92. The van der Waals surface area contributed by atoms with E-state index in [9.17, 15) is 4.79 Å². The van der Waals surface area contributed by atoms with Gasteiger partial charge in [-0.2, -0.15) is 0 Å². The maximum Gasteiger partial charge on any atom is 0.227 e. The predicted octanol–water partition coefficient (Wildman–Crippen LogP) is 2.38. The minimum absolute atomic E-state index is 0.106. The number of carbonyl (C=O) groups excluding carboxylic acids is 1. The van der Waals surface area contributed by atoms with E-state index in [1.165, 1.54) is 11.1 Å². The summed E-state index contributed by atoms with van der Waals surface area (Å²) in [7, 11) is 0. The van der Waals surface area contributed by atoms with Crippen molar-refractivity contribution in [2.24, 2.45) is 5.92 Å². The number of hydrogen-bond donors (Lipinski definition) is 1. The highest BCUT2D eigenvalue weighted by Crippen LogP contribution is 2.26. The van der Waals surface area contributed by atoms with E-state index in [4.69, 9.17) is 0 Å². The number of rotatable bonds is 1. The summed E-state index contributed by atoms with van der Waals surface area (Å²) >= 11 is 0. The second-order valence-electron chi connectivity index (χ2n) is 3.94. The normalized spacial score (nSPS) is 20.1. The van der Waals surface area contributed by atoms with Gasteiger partial charge >= 0.3 is 0 Å². The van der Waals surface area contributed by atoms with Crippen LogP contribution in [0.15, 0.2) is 18.2 Å².